The lowest BCUT2D eigenvalue weighted by Gasteiger charge is -2.40. The molecule has 2 rings (SSSR count). The first-order chi connectivity index (χ1) is 9.78. The van der Waals surface area contributed by atoms with Crippen LogP contribution < -0.4 is 5.32 Å². The van der Waals surface area contributed by atoms with Crippen molar-refractivity contribution in [3.63, 3.8) is 0 Å². The van der Waals surface area contributed by atoms with Crippen molar-refractivity contribution in [2.75, 3.05) is 19.6 Å². The number of nitrogens with zero attached hydrogens (tertiary/aromatic N) is 1. The maximum absolute atomic E-state index is 3.78. The number of hydrogen-bond donors (Lipinski definition) is 1. The second kappa shape index (κ2) is 8.38. The van der Waals surface area contributed by atoms with Crippen LogP contribution in [0.1, 0.15) is 72.1 Å². The Kier molecular flexibility index (Phi) is 6.83. The molecule has 4 unspecified atom stereocenters. The van der Waals surface area contributed by atoms with E-state index in [1.54, 1.807) is 0 Å². The van der Waals surface area contributed by atoms with Crippen molar-refractivity contribution >= 4 is 0 Å². The summed E-state index contributed by atoms with van der Waals surface area (Å²) < 4.78 is 0. The van der Waals surface area contributed by atoms with E-state index in [0.717, 1.165) is 30.5 Å². The van der Waals surface area contributed by atoms with E-state index >= 15 is 0 Å². The van der Waals surface area contributed by atoms with Crippen LogP contribution >= 0.6 is 0 Å². The van der Waals surface area contributed by atoms with Gasteiger partial charge < -0.3 is 10.2 Å². The molecule has 2 heteroatoms. The standard InChI is InChI=1S/C18H36N2/c1-4-8-15-10-11-18(19-6-3)16(13-15)14-20-12-7-9-17(20)5-2/h15-19H,4-14H2,1-3H3. The zero-order chi connectivity index (χ0) is 14.4. The number of hydrogen-bond acceptors (Lipinski definition) is 2. The molecule has 1 aliphatic carbocycles. The third-order valence-electron chi connectivity index (χ3n) is 5.69. The molecule has 118 valence electrons. The van der Waals surface area contributed by atoms with Crippen molar-refractivity contribution in [3.05, 3.63) is 0 Å². The first-order valence-electron chi connectivity index (χ1n) is 9.25. The summed E-state index contributed by atoms with van der Waals surface area (Å²) in [7, 11) is 0. The largest absolute Gasteiger partial charge is 0.314 e. The van der Waals surface area contributed by atoms with Gasteiger partial charge in [0.25, 0.3) is 0 Å². The minimum Gasteiger partial charge on any atom is -0.314 e. The van der Waals surface area contributed by atoms with Crippen LogP contribution in [0.2, 0.25) is 0 Å². The highest BCUT2D eigenvalue weighted by molar-refractivity contribution is 4.89. The van der Waals surface area contributed by atoms with E-state index in [4.69, 9.17) is 0 Å². The van der Waals surface area contributed by atoms with E-state index in [-0.39, 0.29) is 0 Å². The van der Waals surface area contributed by atoms with Gasteiger partial charge in [0.05, 0.1) is 0 Å². The van der Waals surface area contributed by atoms with Crippen molar-refractivity contribution in [2.45, 2.75) is 84.2 Å². The summed E-state index contributed by atoms with van der Waals surface area (Å²) in [6, 6.07) is 1.66. The average molecular weight is 280 g/mol. The molecule has 1 saturated heterocycles. The Bertz CT molecular complexity index is 266. The second-order valence-electron chi connectivity index (χ2n) is 7.09. The van der Waals surface area contributed by atoms with Gasteiger partial charge in [-0.1, -0.05) is 33.6 Å². The molecule has 1 heterocycles. The number of likely N-dealkylation sites (tertiary alicyclic amines) is 1. The van der Waals surface area contributed by atoms with Gasteiger partial charge in [-0.2, -0.15) is 0 Å². The lowest BCUT2D eigenvalue weighted by Crippen LogP contribution is -2.46. The average Bonchev–Trinajstić information content (AvgIpc) is 2.89. The molecule has 1 aliphatic heterocycles. The topological polar surface area (TPSA) is 15.3 Å². The highest BCUT2D eigenvalue weighted by atomic mass is 15.2. The van der Waals surface area contributed by atoms with Gasteiger partial charge >= 0.3 is 0 Å². The van der Waals surface area contributed by atoms with Crippen LogP contribution in [0.5, 0.6) is 0 Å². The molecule has 0 aromatic rings. The lowest BCUT2D eigenvalue weighted by atomic mass is 9.76. The van der Waals surface area contributed by atoms with Crippen molar-refractivity contribution in [2.24, 2.45) is 11.8 Å². The summed E-state index contributed by atoms with van der Waals surface area (Å²) in [6.07, 6.45) is 11.4. The summed E-state index contributed by atoms with van der Waals surface area (Å²) in [5.41, 5.74) is 0. The first kappa shape index (κ1) is 16.3. The smallest absolute Gasteiger partial charge is 0.0108 e. The third-order valence-corrected chi connectivity index (χ3v) is 5.69. The summed E-state index contributed by atoms with van der Waals surface area (Å²) in [5, 5.41) is 3.78. The maximum atomic E-state index is 3.78. The van der Waals surface area contributed by atoms with Gasteiger partial charge in [-0.25, -0.2) is 0 Å². The molecule has 2 aliphatic rings. The van der Waals surface area contributed by atoms with E-state index in [1.165, 1.54) is 64.5 Å². The molecule has 0 spiro atoms. The first-order valence-corrected chi connectivity index (χ1v) is 9.25. The zero-order valence-corrected chi connectivity index (χ0v) is 14.0. The van der Waals surface area contributed by atoms with Crippen molar-refractivity contribution in [1.82, 2.24) is 10.2 Å². The molecule has 4 atom stereocenters. The fourth-order valence-corrected chi connectivity index (χ4v) is 4.66. The van der Waals surface area contributed by atoms with Crippen LogP contribution in [0.4, 0.5) is 0 Å². The van der Waals surface area contributed by atoms with Crippen LogP contribution in [0.3, 0.4) is 0 Å². The summed E-state index contributed by atoms with van der Waals surface area (Å²) >= 11 is 0. The molecule has 0 aromatic heterocycles. The molecule has 0 aromatic carbocycles. The van der Waals surface area contributed by atoms with Crippen LogP contribution in [0.25, 0.3) is 0 Å². The van der Waals surface area contributed by atoms with Crippen LogP contribution in [-0.2, 0) is 0 Å². The molecule has 20 heavy (non-hydrogen) atoms. The van der Waals surface area contributed by atoms with E-state index in [1.807, 2.05) is 0 Å². The second-order valence-corrected chi connectivity index (χ2v) is 7.09. The van der Waals surface area contributed by atoms with Crippen molar-refractivity contribution < 1.29 is 0 Å². The van der Waals surface area contributed by atoms with E-state index < -0.39 is 0 Å². The van der Waals surface area contributed by atoms with E-state index in [2.05, 4.69) is 31.0 Å². The quantitative estimate of drug-likeness (QED) is 0.756. The summed E-state index contributed by atoms with van der Waals surface area (Å²) in [5.74, 6) is 1.90. The molecule has 0 amide bonds. The van der Waals surface area contributed by atoms with Gasteiger partial charge in [-0.05, 0) is 63.5 Å². The molecule has 0 radical (unpaired) electrons. The van der Waals surface area contributed by atoms with Crippen molar-refractivity contribution in [1.29, 1.82) is 0 Å². The molecular weight excluding hydrogens is 244 g/mol. The summed E-state index contributed by atoms with van der Waals surface area (Å²) in [4.78, 5) is 2.81. The Morgan fingerprint density at radius 2 is 1.95 bits per heavy atom. The van der Waals surface area contributed by atoms with Crippen LogP contribution in [0.15, 0.2) is 0 Å². The van der Waals surface area contributed by atoms with E-state index in [0.29, 0.717) is 0 Å². The molecule has 1 N–H and O–H groups in total. The minimum absolute atomic E-state index is 0.784. The predicted molar refractivity (Wildman–Crippen MR) is 88.1 cm³/mol. The van der Waals surface area contributed by atoms with Gasteiger partial charge in [0.15, 0.2) is 0 Å². The monoisotopic (exact) mass is 280 g/mol. The zero-order valence-electron chi connectivity index (χ0n) is 14.0. The molecule has 1 saturated carbocycles. The number of rotatable bonds is 7. The number of nitrogens with one attached hydrogen (secondary N) is 1. The normalized spacial score (nSPS) is 35.5. The van der Waals surface area contributed by atoms with Crippen molar-refractivity contribution in [3.8, 4) is 0 Å². The predicted octanol–water partition coefficient (Wildman–Crippen LogP) is 4.06. The Morgan fingerprint density at radius 3 is 2.65 bits per heavy atom. The summed E-state index contributed by atoms with van der Waals surface area (Å²) in [6.45, 7) is 10.8. The van der Waals surface area contributed by atoms with Gasteiger partial charge in [-0.3, -0.25) is 0 Å². The Hall–Kier alpha value is -0.0800. The fraction of sp³-hybridized carbons (Fsp3) is 1.00. The highest BCUT2D eigenvalue weighted by Crippen LogP contribution is 2.34. The Balaban J connectivity index is 1.92. The maximum Gasteiger partial charge on any atom is 0.0108 e. The third kappa shape index (κ3) is 4.21. The Labute approximate surface area is 126 Å². The molecule has 2 fully saturated rings. The molecule has 0 bridgehead atoms. The lowest BCUT2D eigenvalue weighted by molar-refractivity contribution is 0.128. The van der Waals surface area contributed by atoms with Crippen LogP contribution in [-0.4, -0.2) is 36.6 Å². The van der Waals surface area contributed by atoms with Gasteiger partial charge in [0.2, 0.25) is 0 Å². The molecular formula is C18H36N2. The minimum atomic E-state index is 0.784. The Morgan fingerprint density at radius 1 is 1.10 bits per heavy atom. The van der Waals surface area contributed by atoms with Crippen LogP contribution in [0, 0.1) is 11.8 Å². The SMILES string of the molecule is CCCC1CCC(NCC)C(CN2CCCC2CC)C1. The highest BCUT2D eigenvalue weighted by Gasteiger charge is 2.33. The van der Waals surface area contributed by atoms with Gasteiger partial charge in [-0.15, -0.1) is 0 Å². The fourth-order valence-electron chi connectivity index (χ4n) is 4.66. The van der Waals surface area contributed by atoms with E-state index in [9.17, 15) is 0 Å². The molecule has 2 nitrogen and oxygen atoms in total. The van der Waals surface area contributed by atoms with Gasteiger partial charge in [0.1, 0.15) is 0 Å². The van der Waals surface area contributed by atoms with Gasteiger partial charge in [0, 0.05) is 18.6 Å².